The van der Waals surface area contributed by atoms with Crippen molar-refractivity contribution < 1.29 is 9.53 Å². The monoisotopic (exact) mass is 245 g/mol. The van der Waals surface area contributed by atoms with E-state index in [0.29, 0.717) is 19.6 Å². The summed E-state index contributed by atoms with van der Waals surface area (Å²) in [6.07, 6.45) is 5.79. The van der Waals surface area contributed by atoms with E-state index in [1.807, 2.05) is 37.3 Å². The van der Waals surface area contributed by atoms with Crippen LogP contribution >= 0.6 is 0 Å². The molecule has 0 saturated heterocycles. The predicted octanol–water partition coefficient (Wildman–Crippen LogP) is 1.77. The normalized spacial score (nSPS) is 13.4. The lowest BCUT2D eigenvalue weighted by molar-refractivity contribution is -0.150. The average molecular weight is 245 g/mol. The first-order valence-corrected chi connectivity index (χ1v) is 6.02. The van der Waals surface area contributed by atoms with E-state index >= 15 is 0 Å². The zero-order valence-corrected chi connectivity index (χ0v) is 10.9. The quantitative estimate of drug-likeness (QED) is 0.613. The van der Waals surface area contributed by atoms with Gasteiger partial charge in [0, 0.05) is 6.42 Å². The molecule has 1 rings (SSSR count). The molecule has 0 radical (unpaired) electrons. The first kappa shape index (κ1) is 14.3. The van der Waals surface area contributed by atoms with Gasteiger partial charge in [-0.2, -0.15) is 0 Å². The maximum absolute atomic E-state index is 12.0. The first-order chi connectivity index (χ1) is 8.62. The first-order valence-electron chi connectivity index (χ1n) is 6.02. The van der Waals surface area contributed by atoms with Crippen molar-refractivity contribution in [2.75, 3.05) is 13.2 Å². The van der Waals surface area contributed by atoms with E-state index in [0.717, 1.165) is 5.56 Å². The van der Waals surface area contributed by atoms with Crippen LogP contribution in [0.4, 0.5) is 0 Å². The molecule has 0 spiro atoms. The Balaban J connectivity index is 2.84. The van der Waals surface area contributed by atoms with Crippen LogP contribution in [0.2, 0.25) is 0 Å². The molecule has 0 aliphatic carbocycles. The topological polar surface area (TPSA) is 38.3 Å². The fourth-order valence-electron chi connectivity index (χ4n) is 1.75. The lowest BCUT2D eigenvalue weighted by atomic mass is 9.92. The van der Waals surface area contributed by atoms with Gasteiger partial charge in [0.1, 0.15) is 5.54 Å². The van der Waals surface area contributed by atoms with Crippen molar-refractivity contribution in [2.24, 2.45) is 0 Å². The highest BCUT2D eigenvalue weighted by Crippen LogP contribution is 2.15. The molecule has 1 aromatic rings. The minimum atomic E-state index is -0.788. The summed E-state index contributed by atoms with van der Waals surface area (Å²) in [6, 6.07) is 9.80. The number of hydrogen-bond donors (Lipinski definition) is 1. The van der Waals surface area contributed by atoms with Crippen molar-refractivity contribution >= 4 is 5.97 Å². The van der Waals surface area contributed by atoms with E-state index in [9.17, 15) is 4.79 Å². The number of rotatable bonds is 6. The van der Waals surface area contributed by atoms with Crippen molar-refractivity contribution in [3.05, 3.63) is 35.9 Å². The van der Waals surface area contributed by atoms with Gasteiger partial charge in [0.15, 0.2) is 0 Å². The molecule has 0 aliphatic heterocycles. The number of nitrogens with one attached hydrogen (secondary N) is 1. The van der Waals surface area contributed by atoms with Gasteiger partial charge < -0.3 is 4.74 Å². The van der Waals surface area contributed by atoms with Crippen molar-refractivity contribution in [3.63, 3.8) is 0 Å². The third-order valence-corrected chi connectivity index (χ3v) is 2.71. The van der Waals surface area contributed by atoms with E-state index in [1.54, 1.807) is 6.92 Å². The highest BCUT2D eigenvalue weighted by Gasteiger charge is 2.34. The van der Waals surface area contributed by atoms with Crippen LogP contribution in [-0.4, -0.2) is 24.7 Å². The van der Waals surface area contributed by atoms with Crippen LogP contribution in [0, 0.1) is 12.3 Å². The van der Waals surface area contributed by atoms with E-state index in [1.165, 1.54) is 0 Å². The summed E-state index contributed by atoms with van der Waals surface area (Å²) < 4.78 is 5.11. The lowest BCUT2D eigenvalue weighted by Crippen LogP contribution is -2.52. The Morgan fingerprint density at radius 1 is 1.44 bits per heavy atom. The predicted molar refractivity (Wildman–Crippen MR) is 72.0 cm³/mol. The Bertz CT molecular complexity index is 422. The minimum Gasteiger partial charge on any atom is -0.465 e. The van der Waals surface area contributed by atoms with Crippen molar-refractivity contribution in [1.29, 1.82) is 0 Å². The zero-order valence-electron chi connectivity index (χ0n) is 10.9. The van der Waals surface area contributed by atoms with E-state index in [-0.39, 0.29) is 5.97 Å². The van der Waals surface area contributed by atoms with E-state index in [4.69, 9.17) is 11.2 Å². The number of benzene rings is 1. The Morgan fingerprint density at radius 2 is 2.11 bits per heavy atom. The molecule has 0 aliphatic rings. The molecule has 3 nitrogen and oxygen atoms in total. The molecule has 0 fully saturated rings. The molecule has 0 heterocycles. The third-order valence-electron chi connectivity index (χ3n) is 2.71. The second-order valence-electron chi connectivity index (χ2n) is 4.27. The molecule has 1 N–H and O–H groups in total. The Hall–Kier alpha value is -1.79. The fourth-order valence-corrected chi connectivity index (χ4v) is 1.75. The molecule has 0 bridgehead atoms. The largest absolute Gasteiger partial charge is 0.465 e. The maximum Gasteiger partial charge on any atom is 0.326 e. The second kappa shape index (κ2) is 6.83. The maximum atomic E-state index is 12.0. The van der Waals surface area contributed by atoms with Gasteiger partial charge in [-0.3, -0.25) is 10.1 Å². The molecule has 1 unspecified atom stereocenters. The van der Waals surface area contributed by atoms with Crippen molar-refractivity contribution in [3.8, 4) is 12.3 Å². The standard InChI is InChI=1S/C15H19NO2/c1-4-11-16-15(3,14(17)18-5-2)12-13-9-7-6-8-10-13/h1,6-10,16H,5,11-12H2,2-3H3. The Kier molecular flexibility index (Phi) is 5.41. The van der Waals surface area contributed by atoms with Gasteiger partial charge in [-0.15, -0.1) is 6.42 Å². The summed E-state index contributed by atoms with van der Waals surface area (Å²) in [5.41, 5.74) is 0.279. The number of hydrogen-bond acceptors (Lipinski definition) is 3. The minimum absolute atomic E-state index is 0.274. The van der Waals surface area contributed by atoms with Crippen LogP contribution in [0.1, 0.15) is 19.4 Å². The highest BCUT2D eigenvalue weighted by molar-refractivity contribution is 5.80. The van der Waals surface area contributed by atoms with Crippen molar-refractivity contribution in [2.45, 2.75) is 25.8 Å². The molecule has 0 amide bonds. The molecular formula is C15H19NO2. The molecule has 18 heavy (non-hydrogen) atoms. The van der Waals surface area contributed by atoms with Gasteiger partial charge in [0.2, 0.25) is 0 Å². The molecule has 0 aromatic heterocycles. The molecule has 1 atom stereocenters. The summed E-state index contributed by atoms with van der Waals surface area (Å²) in [5.74, 6) is 2.21. The number of terminal acetylenes is 1. The van der Waals surface area contributed by atoms with E-state index < -0.39 is 5.54 Å². The fraction of sp³-hybridized carbons (Fsp3) is 0.400. The number of ether oxygens (including phenoxy) is 1. The van der Waals surface area contributed by atoms with E-state index in [2.05, 4.69) is 11.2 Å². The number of esters is 1. The van der Waals surface area contributed by atoms with Gasteiger partial charge in [0.25, 0.3) is 0 Å². The third kappa shape index (κ3) is 3.90. The van der Waals surface area contributed by atoms with Crippen LogP contribution in [0.5, 0.6) is 0 Å². The molecule has 0 saturated carbocycles. The Morgan fingerprint density at radius 3 is 2.67 bits per heavy atom. The summed E-state index contributed by atoms with van der Waals surface area (Å²) in [6.45, 7) is 4.31. The van der Waals surface area contributed by atoms with Crippen LogP contribution in [-0.2, 0) is 16.0 Å². The summed E-state index contributed by atoms with van der Waals surface area (Å²) >= 11 is 0. The summed E-state index contributed by atoms with van der Waals surface area (Å²) in [5, 5.41) is 3.07. The van der Waals surface area contributed by atoms with Gasteiger partial charge >= 0.3 is 5.97 Å². The van der Waals surface area contributed by atoms with Gasteiger partial charge in [-0.25, -0.2) is 0 Å². The van der Waals surface area contributed by atoms with Crippen LogP contribution in [0.15, 0.2) is 30.3 Å². The Labute approximate surface area is 109 Å². The smallest absolute Gasteiger partial charge is 0.326 e. The molecule has 96 valence electrons. The number of carbonyl (C=O) groups is 1. The SMILES string of the molecule is C#CCNC(C)(Cc1ccccc1)C(=O)OCC. The lowest BCUT2D eigenvalue weighted by Gasteiger charge is -2.27. The van der Waals surface area contributed by atoms with Crippen LogP contribution in [0.25, 0.3) is 0 Å². The summed E-state index contributed by atoms with van der Waals surface area (Å²) in [4.78, 5) is 12.0. The van der Waals surface area contributed by atoms with Gasteiger partial charge in [-0.1, -0.05) is 36.3 Å². The molecule has 1 aromatic carbocycles. The van der Waals surface area contributed by atoms with Crippen molar-refractivity contribution in [1.82, 2.24) is 5.32 Å². The average Bonchev–Trinajstić information content (AvgIpc) is 2.38. The number of carbonyl (C=O) groups excluding carboxylic acids is 1. The second-order valence-corrected chi connectivity index (χ2v) is 4.27. The van der Waals surface area contributed by atoms with Gasteiger partial charge in [0.05, 0.1) is 13.2 Å². The van der Waals surface area contributed by atoms with Gasteiger partial charge in [-0.05, 0) is 19.4 Å². The molecule has 3 heteroatoms. The molecular weight excluding hydrogens is 226 g/mol. The van der Waals surface area contributed by atoms with Crippen LogP contribution in [0.3, 0.4) is 0 Å². The highest BCUT2D eigenvalue weighted by atomic mass is 16.5. The summed E-state index contributed by atoms with van der Waals surface area (Å²) in [7, 11) is 0. The van der Waals surface area contributed by atoms with Crippen LogP contribution < -0.4 is 5.32 Å². The zero-order chi connectivity index (χ0) is 13.4.